The molecule has 0 bridgehead atoms. The first-order valence-electron chi connectivity index (χ1n) is 9.31. The standard InChI is InChI=1S/C18H26ClN5OS.3ClH/c1-13(12-23-6-8-25-9-7-23)26-18-21-15-10-14(19)17(11-16(15)22-18)24-4-2-20-3-5-24;;;/h10-11,13,20H,2-9,12H2,1H3,(H,21,22);3*1H. The summed E-state index contributed by atoms with van der Waals surface area (Å²) in [6.07, 6.45) is 0. The Bertz CT molecular complexity index is 753. The third-order valence-electron chi connectivity index (χ3n) is 4.92. The van der Waals surface area contributed by atoms with Gasteiger partial charge in [0.1, 0.15) is 0 Å². The van der Waals surface area contributed by atoms with Crippen molar-refractivity contribution in [3.8, 4) is 0 Å². The Hall–Kier alpha value is -0.120. The summed E-state index contributed by atoms with van der Waals surface area (Å²) < 4.78 is 5.42. The lowest BCUT2D eigenvalue weighted by Crippen LogP contribution is -2.43. The molecule has 1 aromatic carbocycles. The number of benzene rings is 1. The highest BCUT2D eigenvalue weighted by atomic mass is 35.5. The van der Waals surface area contributed by atoms with Crippen molar-refractivity contribution in [2.45, 2.75) is 17.3 Å². The van der Waals surface area contributed by atoms with Gasteiger partial charge in [-0.2, -0.15) is 0 Å². The Morgan fingerprint density at radius 2 is 1.83 bits per heavy atom. The van der Waals surface area contributed by atoms with Gasteiger partial charge in [0.2, 0.25) is 0 Å². The summed E-state index contributed by atoms with van der Waals surface area (Å²) in [6.45, 7) is 11.0. The lowest BCUT2D eigenvalue weighted by Gasteiger charge is -2.30. The summed E-state index contributed by atoms with van der Waals surface area (Å²) in [5, 5.41) is 5.60. The number of halogens is 4. The first-order valence-corrected chi connectivity index (χ1v) is 10.6. The van der Waals surface area contributed by atoms with Gasteiger partial charge in [0.15, 0.2) is 5.16 Å². The number of anilines is 1. The predicted octanol–water partition coefficient (Wildman–Crippen LogP) is 3.70. The molecule has 0 spiro atoms. The highest BCUT2D eigenvalue weighted by Gasteiger charge is 2.18. The van der Waals surface area contributed by atoms with Crippen LogP contribution in [0.2, 0.25) is 5.02 Å². The monoisotopic (exact) mass is 503 g/mol. The van der Waals surface area contributed by atoms with E-state index in [2.05, 4.69) is 33.1 Å². The molecule has 4 rings (SSSR count). The van der Waals surface area contributed by atoms with Crippen molar-refractivity contribution in [2.24, 2.45) is 0 Å². The lowest BCUT2D eigenvalue weighted by atomic mass is 10.2. The van der Waals surface area contributed by atoms with Crippen LogP contribution in [0.25, 0.3) is 11.0 Å². The Morgan fingerprint density at radius 1 is 1.14 bits per heavy atom. The number of nitrogens with zero attached hydrogens (tertiary/aromatic N) is 3. The number of aromatic nitrogens is 2. The maximum atomic E-state index is 6.54. The Kier molecular flexibility index (Phi) is 11.8. The third kappa shape index (κ3) is 6.94. The molecule has 1 unspecified atom stereocenters. The van der Waals surface area contributed by atoms with Gasteiger partial charge in [-0.25, -0.2) is 4.98 Å². The molecule has 0 radical (unpaired) electrons. The zero-order chi connectivity index (χ0) is 17.9. The van der Waals surface area contributed by atoms with Gasteiger partial charge in [0.25, 0.3) is 0 Å². The van der Waals surface area contributed by atoms with Gasteiger partial charge in [-0.05, 0) is 12.1 Å². The highest BCUT2D eigenvalue weighted by molar-refractivity contribution is 7.99. The normalized spacial score (nSPS) is 18.5. The van der Waals surface area contributed by atoms with Crippen molar-refractivity contribution in [1.82, 2.24) is 20.2 Å². The minimum atomic E-state index is 0. The molecular weight excluding hydrogens is 476 g/mol. The number of rotatable bonds is 5. The molecule has 1 atom stereocenters. The van der Waals surface area contributed by atoms with E-state index in [1.165, 1.54) is 0 Å². The van der Waals surface area contributed by atoms with E-state index in [0.717, 1.165) is 85.9 Å². The number of fused-ring (bicyclic) bond motifs is 1. The average molecular weight is 505 g/mol. The third-order valence-corrected chi connectivity index (χ3v) is 6.19. The van der Waals surface area contributed by atoms with Crippen molar-refractivity contribution in [2.75, 3.05) is 63.9 Å². The molecule has 1 aromatic heterocycles. The molecule has 166 valence electrons. The number of hydrogen-bond acceptors (Lipinski definition) is 6. The van der Waals surface area contributed by atoms with E-state index in [0.29, 0.717) is 5.25 Å². The molecule has 29 heavy (non-hydrogen) atoms. The van der Waals surface area contributed by atoms with Gasteiger partial charge >= 0.3 is 0 Å². The summed E-state index contributed by atoms with van der Waals surface area (Å²) in [5.74, 6) is 0. The molecule has 0 amide bonds. The summed E-state index contributed by atoms with van der Waals surface area (Å²) in [6, 6.07) is 4.13. The van der Waals surface area contributed by atoms with E-state index in [1.807, 2.05) is 6.07 Å². The maximum absolute atomic E-state index is 6.54. The Labute approximate surface area is 200 Å². The van der Waals surface area contributed by atoms with Gasteiger partial charge < -0.3 is 19.9 Å². The zero-order valence-corrected chi connectivity index (χ0v) is 20.4. The van der Waals surface area contributed by atoms with Gasteiger partial charge in [-0.15, -0.1) is 37.2 Å². The molecule has 0 aliphatic carbocycles. The fourth-order valence-corrected chi connectivity index (χ4v) is 4.84. The molecule has 2 fully saturated rings. The number of hydrogen-bond donors (Lipinski definition) is 2. The molecule has 2 aliphatic heterocycles. The van der Waals surface area contributed by atoms with Crippen LogP contribution in [0.1, 0.15) is 6.92 Å². The maximum Gasteiger partial charge on any atom is 0.166 e. The molecule has 2 aliphatic rings. The van der Waals surface area contributed by atoms with Crippen LogP contribution >= 0.6 is 60.6 Å². The highest BCUT2D eigenvalue weighted by Crippen LogP contribution is 2.32. The minimum Gasteiger partial charge on any atom is -0.379 e. The molecule has 2 saturated heterocycles. The first kappa shape index (κ1) is 26.9. The van der Waals surface area contributed by atoms with Crippen molar-refractivity contribution >= 4 is 77.3 Å². The number of H-pyrrole nitrogens is 1. The van der Waals surface area contributed by atoms with E-state index in [1.54, 1.807) is 11.8 Å². The van der Waals surface area contributed by atoms with Crippen LogP contribution in [0, 0.1) is 0 Å². The summed E-state index contributed by atoms with van der Waals surface area (Å²) >= 11 is 8.33. The SMILES string of the molecule is CC(CN1CCOCC1)Sc1nc2cc(Cl)c(N3CCNCC3)cc2[nH]1.Cl.Cl.Cl. The first-order chi connectivity index (χ1) is 12.7. The number of morpholine rings is 1. The number of ether oxygens (including phenoxy) is 1. The molecule has 0 saturated carbocycles. The van der Waals surface area contributed by atoms with Gasteiger partial charge in [0.05, 0.1) is 35.0 Å². The van der Waals surface area contributed by atoms with Crippen LogP contribution < -0.4 is 10.2 Å². The summed E-state index contributed by atoms with van der Waals surface area (Å²) in [4.78, 5) is 13.0. The second kappa shape index (κ2) is 12.7. The van der Waals surface area contributed by atoms with Gasteiger partial charge in [-0.1, -0.05) is 30.3 Å². The second-order valence-electron chi connectivity index (χ2n) is 6.94. The van der Waals surface area contributed by atoms with Crippen LogP contribution in [-0.4, -0.2) is 79.1 Å². The molecular formula is C18H29Cl4N5OS. The smallest absolute Gasteiger partial charge is 0.166 e. The molecule has 11 heteroatoms. The topological polar surface area (TPSA) is 56.4 Å². The summed E-state index contributed by atoms with van der Waals surface area (Å²) in [7, 11) is 0. The van der Waals surface area contributed by atoms with Crippen LogP contribution in [0.3, 0.4) is 0 Å². The van der Waals surface area contributed by atoms with E-state index < -0.39 is 0 Å². The minimum absolute atomic E-state index is 0. The number of nitrogens with one attached hydrogen (secondary N) is 2. The largest absolute Gasteiger partial charge is 0.379 e. The Morgan fingerprint density at radius 3 is 2.52 bits per heavy atom. The quantitative estimate of drug-likeness (QED) is 0.605. The van der Waals surface area contributed by atoms with E-state index >= 15 is 0 Å². The fourth-order valence-electron chi connectivity index (χ4n) is 3.58. The molecule has 2 N–H and O–H groups in total. The van der Waals surface area contributed by atoms with Crippen molar-refractivity contribution in [3.63, 3.8) is 0 Å². The van der Waals surface area contributed by atoms with E-state index in [9.17, 15) is 0 Å². The summed E-state index contributed by atoms with van der Waals surface area (Å²) in [5.41, 5.74) is 3.10. The van der Waals surface area contributed by atoms with Crippen LogP contribution in [-0.2, 0) is 4.74 Å². The Balaban J connectivity index is 0.00000140. The van der Waals surface area contributed by atoms with Gasteiger partial charge in [0, 0.05) is 51.1 Å². The van der Waals surface area contributed by atoms with Crippen molar-refractivity contribution < 1.29 is 4.74 Å². The van der Waals surface area contributed by atoms with E-state index in [-0.39, 0.29) is 37.2 Å². The number of piperazine rings is 1. The number of imidazole rings is 1. The molecule has 3 heterocycles. The average Bonchev–Trinajstić information content (AvgIpc) is 3.03. The second-order valence-corrected chi connectivity index (χ2v) is 8.78. The van der Waals surface area contributed by atoms with Crippen LogP contribution in [0.4, 0.5) is 5.69 Å². The number of aromatic amines is 1. The van der Waals surface area contributed by atoms with Crippen LogP contribution in [0.15, 0.2) is 17.3 Å². The number of thioether (sulfide) groups is 1. The molecule has 6 nitrogen and oxygen atoms in total. The molecule has 2 aromatic rings. The predicted molar refractivity (Wildman–Crippen MR) is 131 cm³/mol. The van der Waals surface area contributed by atoms with Crippen molar-refractivity contribution in [1.29, 1.82) is 0 Å². The lowest BCUT2D eigenvalue weighted by molar-refractivity contribution is 0.0386. The van der Waals surface area contributed by atoms with E-state index in [4.69, 9.17) is 21.3 Å². The van der Waals surface area contributed by atoms with Crippen molar-refractivity contribution in [3.05, 3.63) is 17.2 Å². The fraction of sp³-hybridized carbons (Fsp3) is 0.611. The zero-order valence-electron chi connectivity index (χ0n) is 16.4. The van der Waals surface area contributed by atoms with Gasteiger partial charge in [-0.3, -0.25) is 4.90 Å². The van der Waals surface area contributed by atoms with Crippen LogP contribution in [0.5, 0.6) is 0 Å².